The van der Waals surface area contributed by atoms with E-state index in [1.54, 1.807) is 12.1 Å². The lowest BCUT2D eigenvalue weighted by atomic mass is 9.82. The highest BCUT2D eigenvalue weighted by atomic mass is 19.1. The number of benzene rings is 1. The van der Waals surface area contributed by atoms with Crippen molar-refractivity contribution in [2.75, 3.05) is 13.1 Å². The Balaban J connectivity index is 2.85. The van der Waals surface area contributed by atoms with Gasteiger partial charge in [0.15, 0.2) is 0 Å². The van der Waals surface area contributed by atoms with Crippen LogP contribution in [-0.4, -0.2) is 19.0 Å². The van der Waals surface area contributed by atoms with Crippen LogP contribution in [0.25, 0.3) is 0 Å². The standard InChI is InChI=1S/C17H27FN2O/c1-6-19-11-12(2)16(21)20-15(17(3,4)5)13-7-9-14(18)10-8-13/h7-10,12,15,19H,6,11H2,1-5H3,(H,20,21). The molecule has 0 aliphatic rings. The summed E-state index contributed by atoms with van der Waals surface area (Å²) < 4.78 is 13.1. The van der Waals surface area contributed by atoms with Crippen LogP contribution in [0.3, 0.4) is 0 Å². The van der Waals surface area contributed by atoms with Crippen LogP contribution in [0.1, 0.15) is 46.2 Å². The molecule has 2 N–H and O–H groups in total. The van der Waals surface area contributed by atoms with Crippen molar-refractivity contribution in [2.45, 2.75) is 40.7 Å². The molecule has 1 aromatic rings. The van der Waals surface area contributed by atoms with Crippen molar-refractivity contribution >= 4 is 5.91 Å². The lowest BCUT2D eigenvalue weighted by Gasteiger charge is -2.33. The molecule has 2 unspecified atom stereocenters. The lowest BCUT2D eigenvalue weighted by molar-refractivity contribution is -0.126. The average molecular weight is 294 g/mol. The number of hydrogen-bond donors (Lipinski definition) is 2. The van der Waals surface area contributed by atoms with E-state index in [-0.39, 0.29) is 29.1 Å². The number of amides is 1. The molecule has 0 saturated carbocycles. The molecule has 3 nitrogen and oxygen atoms in total. The summed E-state index contributed by atoms with van der Waals surface area (Å²) in [5.74, 6) is -0.353. The third kappa shape index (κ3) is 5.46. The summed E-state index contributed by atoms with van der Waals surface area (Å²) >= 11 is 0. The van der Waals surface area contributed by atoms with Crippen molar-refractivity contribution in [3.63, 3.8) is 0 Å². The zero-order chi connectivity index (χ0) is 16.0. The predicted molar refractivity (Wildman–Crippen MR) is 84.4 cm³/mol. The highest BCUT2D eigenvalue weighted by molar-refractivity contribution is 5.79. The van der Waals surface area contributed by atoms with Gasteiger partial charge in [-0.05, 0) is 29.7 Å². The molecule has 0 bridgehead atoms. The molecule has 0 aliphatic heterocycles. The van der Waals surface area contributed by atoms with Gasteiger partial charge in [0.25, 0.3) is 0 Å². The Hall–Kier alpha value is -1.42. The lowest BCUT2D eigenvalue weighted by Crippen LogP contribution is -2.41. The molecule has 0 saturated heterocycles. The zero-order valence-electron chi connectivity index (χ0n) is 13.7. The fourth-order valence-corrected chi connectivity index (χ4v) is 2.19. The van der Waals surface area contributed by atoms with Crippen LogP contribution in [0, 0.1) is 17.2 Å². The number of nitrogens with one attached hydrogen (secondary N) is 2. The third-order valence-corrected chi connectivity index (χ3v) is 3.50. The SMILES string of the molecule is CCNCC(C)C(=O)NC(c1ccc(F)cc1)C(C)(C)C. The Morgan fingerprint density at radius 1 is 1.24 bits per heavy atom. The van der Waals surface area contributed by atoms with Gasteiger partial charge in [-0.2, -0.15) is 0 Å². The van der Waals surface area contributed by atoms with E-state index >= 15 is 0 Å². The second-order valence-electron chi connectivity index (χ2n) is 6.57. The van der Waals surface area contributed by atoms with Gasteiger partial charge in [-0.25, -0.2) is 4.39 Å². The van der Waals surface area contributed by atoms with Crippen molar-refractivity contribution in [3.05, 3.63) is 35.6 Å². The van der Waals surface area contributed by atoms with Crippen LogP contribution in [0.4, 0.5) is 4.39 Å². The summed E-state index contributed by atoms with van der Waals surface area (Å²) in [6.07, 6.45) is 0. The number of hydrogen-bond acceptors (Lipinski definition) is 2. The molecule has 0 heterocycles. The second-order valence-corrected chi connectivity index (χ2v) is 6.57. The van der Waals surface area contributed by atoms with Gasteiger partial charge in [-0.15, -0.1) is 0 Å². The van der Waals surface area contributed by atoms with Crippen molar-refractivity contribution in [1.29, 1.82) is 0 Å². The van der Waals surface area contributed by atoms with Crippen LogP contribution < -0.4 is 10.6 Å². The molecule has 21 heavy (non-hydrogen) atoms. The number of rotatable bonds is 6. The average Bonchev–Trinajstić information content (AvgIpc) is 2.41. The summed E-state index contributed by atoms with van der Waals surface area (Å²) in [7, 11) is 0. The first-order valence-electron chi connectivity index (χ1n) is 7.52. The van der Waals surface area contributed by atoms with E-state index in [1.165, 1.54) is 12.1 Å². The fraction of sp³-hybridized carbons (Fsp3) is 0.588. The Kier molecular flexibility index (Phi) is 6.34. The summed E-state index contributed by atoms with van der Waals surface area (Å²) in [4.78, 5) is 12.3. The van der Waals surface area contributed by atoms with E-state index in [0.29, 0.717) is 6.54 Å². The van der Waals surface area contributed by atoms with Crippen LogP contribution in [0.5, 0.6) is 0 Å². The summed E-state index contributed by atoms with van der Waals surface area (Å²) in [5.41, 5.74) is 0.777. The van der Waals surface area contributed by atoms with Gasteiger partial charge < -0.3 is 10.6 Å². The molecule has 0 aliphatic carbocycles. The summed E-state index contributed by atoms with van der Waals surface area (Å²) in [6.45, 7) is 11.6. The first-order chi connectivity index (χ1) is 9.75. The second kappa shape index (κ2) is 7.55. The van der Waals surface area contributed by atoms with Crippen molar-refractivity contribution in [1.82, 2.24) is 10.6 Å². The normalized spacial score (nSPS) is 14.6. The molecule has 0 spiro atoms. The first kappa shape index (κ1) is 17.6. The fourth-order valence-electron chi connectivity index (χ4n) is 2.19. The van der Waals surface area contributed by atoms with Crippen LogP contribution in [0.15, 0.2) is 24.3 Å². The molecule has 118 valence electrons. The quantitative estimate of drug-likeness (QED) is 0.845. The minimum Gasteiger partial charge on any atom is -0.348 e. The van der Waals surface area contributed by atoms with Gasteiger partial charge in [-0.1, -0.05) is 46.8 Å². The van der Waals surface area contributed by atoms with Crippen molar-refractivity contribution in [3.8, 4) is 0 Å². The molecule has 1 rings (SSSR count). The smallest absolute Gasteiger partial charge is 0.224 e. The van der Waals surface area contributed by atoms with Gasteiger partial charge in [-0.3, -0.25) is 4.79 Å². The van der Waals surface area contributed by atoms with Gasteiger partial charge >= 0.3 is 0 Å². The topological polar surface area (TPSA) is 41.1 Å². The predicted octanol–water partition coefficient (Wildman–Crippen LogP) is 3.27. The van der Waals surface area contributed by atoms with Crippen molar-refractivity contribution < 1.29 is 9.18 Å². The van der Waals surface area contributed by atoms with Gasteiger partial charge in [0.05, 0.1) is 6.04 Å². The molecule has 0 fully saturated rings. The van der Waals surface area contributed by atoms with Gasteiger partial charge in [0.2, 0.25) is 5.91 Å². The summed E-state index contributed by atoms with van der Waals surface area (Å²) in [6, 6.07) is 6.20. The Morgan fingerprint density at radius 2 is 1.81 bits per heavy atom. The highest BCUT2D eigenvalue weighted by Gasteiger charge is 2.29. The summed E-state index contributed by atoms with van der Waals surface area (Å²) in [5, 5.41) is 6.28. The van der Waals surface area contributed by atoms with E-state index < -0.39 is 0 Å². The van der Waals surface area contributed by atoms with E-state index in [1.807, 2.05) is 13.8 Å². The minimum absolute atomic E-state index is 0.0141. The van der Waals surface area contributed by atoms with E-state index in [9.17, 15) is 9.18 Å². The highest BCUT2D eigenvalue weighted by Crippen LogP contribution is 2.33. The van der Waals surface area contributed by atoms with Gasteiger partial charge in [0, 0.05) is 12.5 Å². The molecule has 4 heteroatoms. The van der Waals surface area contributed by atoms with E-state index in [4.69, 9.17) is 0 Å². The minimum atomic E-state index is -0.266. The Morgan fingerprint density at radius 3 is 2.29 bits per heavy atom. The third-order valence-electron chi connectivity index (χ3n) is 3.50. The van der Waals surface area contributed by atoms with E-state index in [2.05, 4.69) is 31.4 Å². The zero-order valence-corrected chi connectivity index (χ0v) is 13.7. The first-order valence-corrected chi connectivity index (χ1v) is 7.52. The number of carbonyl (C=O) groups excluding carboxylic acids is 1. The van der Waals surface area contributed by atoms with Crippen LogP contribution >= 0.6 is 0 Å². The molecular weight excluding hydrogens is 267 g/mol. The monoisotopic (exact) mass is 294 g/mol. The maximum Gasteiger partial charge on any atom is 0.224 e. The molecule has 1 amide bonds. The molecule has 0 radical (unpaired) electrons. The largest absolute Gasteiger partial charge is 0.348 e. The molecular formula is C17H27FN2O. The molecule has 2 atom stereocenters. The van der Waals surface area contributed by atoms with Gasteiger partial charge in [0.1, 0.15) is 5.82 Å². The van der Waals surface area contributed by atoms with E-state index in [0.717, 1.165) is 12.1 Å². The maximum atomic E-state index is 13.1. The van der Waals surface area contributed by atoms with Crippen molar-refractivity contribution in [2.24, 2.45) is 11.3 Å². The molecule has 1 aromatic carbocycles. The Labute approximate surface area is 127 Å². The van der Waals surface area contributed by atoms with Crippen LogP contribution in [-0.2, 0) is 4.79 Å². The molecule has 0 aromatic heterocycles. The van der Waals surface area contributed by atoms with Crippen LogP contribution in [0.2, 0.25) is 0 Å². The Bertz CT molecular complexity index is 451. The number of halogens is 1. The number of carbonyl (C=O) groups is 1. The maximum absolute atomic E-state index is 13.1.